The van der Waals surface area contributed by atoms with Gasteiger partial charge < -0.3 is 20.3 Å². The normalized spacial score (nSPS) is 12.6. The summed E-state index contributed by atoms with van der Waals surface area (Å²) in [5, 5.41) is 23.4. The summed E-state index contributed by atoms with van der Waals surface area (Å²) in [5.41, 5.74) is 0. The minimum Gasteiger partial charge on any atom is -0.466 e. The summed E-state index contributed by atoms with van der Waals surface area (Å²) in [4.78, 5) is 24.6. The highest BCUT2D eigenvalue weighted by atomic mass is 16.5. The molecule has 0 aromatic heterocycles. The zero-order valence-electron chi connectivity index (χ0n) is 55.8. The van der Waals surface area contributed by atoms with Crippen LogP contribution in [0.3, 0.4) is 0 Å². The molecule has 0 fully saturated rings. The molecule has 0 aliphatic carbocycles. The summed E-state index contributed by atoms with van der Waals surface area (Å²) in [5.74, 6) is -0.0181. The van der Waals surface area contributed by atoms with Crippen molar-refractivity contribution in [3.05, 3.63) is 24.3 Å². The fraction of sp³-hybridized carbons (Fsp3) is 0.921. The molecule has 1 amide bonds. The van der Waals surface area contributed by atoms with E-state index < -0.39 is 12.1 Å². The molecule has 3 N–H and O–H groups in total. The number of rotatable bonds is 71. The van der Waals surface area contributed by atoms with E-state index in [1.165, 1.54) is 347 Å². The van der Waals surface area contributed by atoms with Crippen molar-refractivity contribution in [1.29, 1.82) is 0 Å². The third-order valence-electron chi connectivity index (χ3n) is 17.8. The summed E-state index contributed by atoms with van der Waals surface area (Å²) >= 11 is 0. The van der Waals surface area contributed by atoms with Gasteiger partial charge in [0.2, 0.25) is 5.91 Å². The molecule has 0 spiro atoms. The molecule has 0 saturated carbocycles. The van der Waals surface area contributed by atoms with Crippen molar-refractivity contribution >= 4 is 11.9 Å². The fourth-order valence-electron chi connectivity index (χ4n) is 12.0. The van der Waals surface area contributed by atoms with Crippen LogP contribution in [-0.2, 0) is 14.3 Å². The number of ether oxygens (including phenoxy) is 1. The number of unbranched alkanes of at least 4 members (excludes halogenated alkanes) is 56. The Labute approximate surface area is 513 Å². The van der Waals surface area contributed by atoms with Gasteiger partial charge in [-0.3, -0.25) is 9.59 Å². The van der Waals surface area contributed by atoms with Crippen LogP contribution in [0.25, 0.3) is 0 Å². The molecule has 486 valence electrons. The number of hydrogen-bond donors (Lipinski definition) is 3. The molecule has 6 nitrogen and oxygen atoms in total. The lowest BCUT2D eigenvalue weighted by Crippen LogP contribution is -2.45. The van der Waals surface area contributed by atoms with Gasteiger partial charge in [0.1, 0.15) is 0 Å². The van der Waals surface area contributed by atoms with Gasteiger partial charge in [-0.05, 0) is 57.8 Å². The number of carbonyl (C=O) groups excluding carboxylic acids is 2. The average molecular weight is 1160 g/mol. The highest BCUT2D eigenvalue weighted by molar-refractivity contribution is 5.76. The van der Waals surface area contributed by atoms with Gasteiger partial charge in [-0.25, -0.2) is 0 Å². The topological polar surface area (TPSA) is 95.9 Å². The molecular formula is C76H147NO5. The van der Waals surface area contributed by atoms with Gasteiger partial charge in [0.05, 0.1) is 25.4 Å². The third kappa shape index (κ3) is 67.5. The largest absolute Gasteiger partial charge is 0.466 e. The molecule has 0 saturated heterocycles. The van der Waals surface area contributed by atoms with Gasteiger partial charge in [-0.2, -0.15) is 0 Å². The summed E-state index contributed by atoms with van der Waals surface area (Å²) in [6.07, 6.45) is 91.0. The van der Waals surface area contributed by atoms with Gasteiger partial charge in [0.15, 0.2) is 0 Å². The molecule has 0 radical (unpaired) electrons. The first kappa shape index (κ1) is 80.3. The van der Waals surface area contributed by atoms with E-state index in [1.54, 1.807) is 0 Å². The lowest BCUT2D eigenvalue weighted by Gasteiger charge is -2.22. The molecule has 0 aliphatic heterocycles. The number of allylic oxidation sites excluding steroid dienone is 4. The second kappa shape index (κ2) is 71.8. The Morgan fingerprint density at radius 1 is 0.341 bits per heavy atom. The molecule has 0 rings (SSSR count). The molecule has 0 bridgehead atoms. The van der Waals surface area contributed by atoms with E-state index in [2.05, 4.69) is 43.5 Å². The van der Waals surface area contributed by atoms with Crippen molar-refractivity contribution in [2.75, 3.05) is 13.2 Å². The standard InChI is InChI=1S/C76H147NO5/c1-3-5-7-9-11-13-15-17-19-21-22-23-31-34-37-40-44-48-52-56-60-64-68-74(79)73(72-78)77-75(80)69-65-61-57-53-49-45-41-38-35-32-29-27-25-24-26-28-30-33-36-39-43-47-51-55-59-63-67-71-82-76(81)70-66-62-58-54-50-46-42-20-18-16-14-12-10-8-6-4-2/h24-25,28,30,73-74,78-79H,3-23,26-27,29,31-72H2,1-2H3,(H,77,80)/b25-24-,30-28-. The van der Waals surface area contributed by atoms with E-state index in [0.29, 0.717) is 25.9 Å². The highest BCUT2D eigenvalue weighted by Gasteiger charge is 2.20. The maximum Gasteiger partial charge on any atom is 0.305 e. The van der Waals surface area contributed by atoms with Crippen molar-refractivity contribution < 1.29 is 24.5 Å². The molecule has 82 heavy (non-hydrogen) atoms. The second-order valence-electron chi connectivity index (χ2n) is 26.0. The number of aliphatic hydroxyl groups excluding tert-OH is 2. The minimum absolute atomic E-state index is 0.0151. The molecule has 0 aliphatic rings. The predicted octanol–water partition coefficient (Wildman–Crippen LogP) is 24.5. The number of esters is 1. The van der Waals surface area contributed by atoms with Gasteiger partial charge in [-0.1, -0.05) is 378 Å². The predicted molar refractivity (Wildman–Crippen MR) is 361 cm³/mol. The maximum atomic E-state index is 12.6. The van der Waals surface area contributed by atoms with Crippen LogP contribution in [0.15, 0.2) is 24.3 Å². The first-order chi connectivity index (χ1) is 40.5. The number of nitrogens with one attached hydrogen (secondary N) is 1. The average Bonchev–Trinajstić information content (AvgIpc) is 3.48. The molecule has 6 heteroatoms. The number of hydrogen-bond acceptors (Lipinski definition) is 5. The Bertz CT molecular complexity index is 1280. The van der Waals surface area contributed by atoms with E-state index in [0.717, 1.165) is 44.9 Å². The highest BCUT2D eigenvalue weighted by Crippen LogP contribution is 2.19. The van der Waals surface area contributed by atoms with Crippen molar-refractivity contribution in [3.8, 4) is 0 Å². The molecular weight excluding hydrogens is 1010 g/mol. The maximum absolute atomic E-state index is 12.6. The van der Waals surface area contributed by atoms with Crippen LogP contribution in [0.4, 0.5) is 0 Å². The second-order valence-corrected chi connectivity index (χ2v) is 26.0. The van der Waals surface area contributed by atoms with Crippen LogP contribution >= 0.6 is 0 Å². The van der Waals surface area contributed by atoms with Crippen LogP contribution in [0.5, 0.6) is 0 Å². The molecule has 2 atom stereocenters. The Kier molecular flexibility index (Phi) is 70.4. The van der Waals surface area contributed by atoms with E-state index in [-0.39, 0.29) is 18.5 Å². The van der Waals surface area contributed by atoms with Gasteiger partial charge >= 0.3 is 5.97 Å². The Morgan fingerprint density at radius 2 is 0.610 bits per heavy atom. The molecule has 0 aromatic rings. The van der Waals surface area contributed by atoms with Gasteiger partial charge in [0.25, 0.3) is 0 Å². The SMILES string of the molecule is CCCCCCCCCCCCCCCCCCCCCCCCC(O)C(CO)NC(=O)CCCCCCCCCCCCC/C=C\C/C=C\CCCCCCCCCCCOC(=O)CCCCCCCCCCCCCCCCCC. The first-order valence-electron chi connectivity index (χ1n) is 37.6. The lowest BCUT2D eigenvalue weighted by atomic mass is 10.0. The molecule has 0 heterocycles. The number of amides is 1. The first-order valence-corrected chi connectivity index (χ1v) is 37.6. The van der Waals surface area contributed by atoms with E-state index in [4.69, 9.17) is 4.74 Å². The minimum atomic E-state index is -0.668. The smallest absolute Gasteiger partial charge is 0.305 e. The van der Waals surface area contributed by atoms with Gasteiger partial charge in [0, 0.05) is 12.8 Å². The summed E-state index contributed by atoms with van der Waals surface area (Å²) in [6.45, 7) is 5.00. The van der Waals surface area contributed by atoms with Crippen LogP contribution in [0.2, 0.25) is 0 Å². The molecule has 0 aromatic carbocycles. The van der Waals surface area contributed by atoms with Crippen LogP contribution < -0.4 is 5.32 Å². The zero-order valence-corrected chi connectivity index (χ0v) is 55.8. The number of carbonyl (C=O) groups is 2. The number of aliphatic hydroxyl groups is 2. The summed E-state index contributed by atoms with van der Waals surface area (Å²) < 4.78 is 5.50. The van der Waals surface area contributed by atoms with Crippen LogP contribution in [-0.4, -0.2) is 47.4 Å². The van der Waals surface area contributed by atoms with E-state index in [9.17, 15) is 19.8 Å². The van der Waals surface area contributed by atoms with Crippen LogP contribution in [0, 0.1) is 0 Å². The Morgan fingerprint density at radius 3 is 0.927 bits per heavy atom. The monoisotopic (exact) mass is 1150 g/mol. The third-order valence-corrected chi connectivity index (χ3v) is 17.8. The summed E-state index contributed by atoms with van der Waals surface area (Å²) in [7, 11) is 0. The lowest BCUT2D eigenvalue weighted by molar-refractivity contribution is -0.143. The zero-order chi connectivity index (χ0) is 59.2. The van der Waals surface area contributed by atoms with E-state index in [1.807, 2.05) is 0 Å². The summed E-state index contributed by atoms with van der Waals surface area (Å²) in [6, 6.07) is -0.545. The quantitative estimate of drug-likeness (QED) is 0.0320. The Balaban J connectivity index is 3.40. The Hall–Kier alpha value is -1.66. The van der Waals surface area contributed by atoms with Gasteiger partial charge in [-0.15, -0.1) is 0 Å². The molecule has 2 unspecified atom stereocenters. The van der Waals surface area contributed by atoms with Crippen LogP contribution in [0.1, 0.15) is 425 Å². The van der Waals surface area contributed by atoms with Crippen molar-refractivity contribution in [3.63, 3.8) is 0 Å². The van der Waals surface area contributed by atoms with Crippen molar-refractivity contribution in [2.24, 2.45) is 0 Å². The fourth-order valence-corrected chi connectivity index (χ4v) is 12.0. The van der Waals surface area contributed by atoms with Crippen molar-refractivity contribution in [1.82, 2.24) is 5.32 Å². The van der Waals surface area contributed by atoms with E-state index >= 15 is 0 Å². The van der Waals surface area contributed by atoms with Crippen molar-refractivity contribution in [2.45, 2.75) is 437 Å².